The Labute approximate surface area is 263 Å². The summed E-state index contributed by atoms with van der Waals surface area (Å²) in [6.45, 7) is 3.97. The minimum Gasteiger partial charge on any atom is -0.496 e. The fourth-order valence-corrected chi connectivity index (χ4v) is 7.32. The van der Waals surface area contributed by atoms with Crippen LogP contribution in [0.4, 0.5) is 11.4 Å². The number of anilines is 1. The molecule has 1 aliphatic carbocycles. The molecule has 0 aromatic heterocycles. The van der Waals surface area contributed by atoms with Gasteiger partial charge in [-0.1, -0.05) is 35.3 Å². The number of ether oxygens (including phenoxy) is 1. The van der Waals surface area contributed by atoms with Gasteiger partial charge in [0, 0.05) is 33.4 Å². The first-order valence-electron chi connectivity index (χ1n) is 13.5. The van der Waals surface area contributed by atoms with Crippen LogP contribution in [-0.4, -0.2) is 17.8 Å². The first kappa shape index (κ1) is 30.5. The number of aryl methyl sites for hydroxylation is 2. The highest BCUT2D eigenvalue weighted by molar-refractivity contribution is 7.98. The number of methoxy groups -OCH3 is 1. The van der Waals surface area contributed by atoms with E-state index < -0.39 is 10.8 Å². The Morgan fingerprint density at radius 1 is 1.14 bits per heavy atom. The van der Waals surface area contributed by atoms with Crippen LogP contribution in [0.15, 0.2) is 76.1 Å². The molecule has 0 radical (unpaired) electrons. The van der Waals surface area contributed by atoms with E-state index in [1.165, 1.54) is 24.1 Å². The number of rotatable bonds is 7. The van der Waals surface area contributed by atoms with Gasteiger partial charge in [0.25, 0.3) is 5.69 Å². The van der Waals surface area contributed by atoms with E-state index in [1.54, 1.807) is 30.0 Å². The standard InChI is InChI=1S/C32H28Cl2N4O4S/c1-17-11-18(2)22(12-19(17)16-43-29-13-20(33)7-9-24(29)34)30-23(15-35)32(36)37(26-5-4-6-28(39)31(26)30)25-10-8-21(42-3)14-27(25)38(40)41/h7-14,30H,4-6,16,36H2,1-3H3. The van der Waals surface area contributed by atoms with Crippen molar-refractivity contribution in [2.45, 2.75) is 49.7 Å². The Kier molecular flexibility index (Phi) is 8.74. The second kappa shape index (κ2) is 12.3. The van der Waals surface area contributed by atoms with Crippen LogP contribution in [-0.2, 0) is 10.5 Å². The van der Waals surface area contributed by atoms with Crippen LogP contribution < -0.4 is 15.4 Å². The van der Waals surface area contributed by atoms with Gasteiger partial charge in [-0.05, 0) is 79.3 Å². The summed E-state index contributed by atoms with van der Waals surface area (Å²) in [6.07, 6.45) is 1.35. The molecule has 0 spiro atoms. The summed E-state index contributed by atoms with van der Waals surface area (Å²) in [5.41, 5.74) is 11.6. The summed E-state index contributed by atoms with van der Waals surface area (Å²) >= 11 is 14.1. The largest absolute Gasteiger partial charge is 0.496 e. The van der Waals surface area contributed by atoms with Crippen molar-refractivity contribution in [3.05, 3.63) is 114 Å². The number of Topliss-reactive ketones (excluding diaryl/α,β-unsaturated/α-hetero) is 1. The van der Waals surface area contributed by atoms with E-state index in [2.05, 4.69) is 6.07 Å². The number of thioether (sulfide) groups is 1. The molecular weight excluding hydrogens is 607 g/mol. The Morgan fingerprint density at radius 3 is 2.60 bits per heavy atom. The molecule has 0 saturated carbocycles. The molecule has 220 valence electrons. The maximum atomic E-state index is 13.7. The highest BCUT2D eigenvalue weighted by Gasteiger charge is 2.42. The van der Waals surface area contributed by atoms with Crippen LogP contribution in [0.3, 0.4) is 0 Å². The average Bonchev–Trinajstić information content (AvgIpc) is 2.98. The smallest absolute Gasteiger partial charge is 0.296 e. The fraction of sp³-hybridized carbons (Fsp3) is 0.250. The molecule has 1 aliphatic heterocycles. The second-order valence-corrected chi connectivity index (χ2v) is 12.3. The Hall–Kier alpha value is -3.97. The number of hydrogen-bond acceptors (Lipinski definition) is 8. The van der Waals surface area contributed by atoms with Crippen molar-refractivity contribution in [3.63, 3.8) is 0 Å². The van der Waals surface area contributed by atoms with Crippen molar-refractivity contribution < 1.29 is 14.5 Å². The number of nitro groups is 1. The van der Waals surface area contributed by atoms with Crippen LogP contribution in [0.1, 0.15) is 47.4 Å². The van der Waals surface area contributed by atoms with Crippen LogP contribution in [0.25, 0.3) is 0 Å². The number of nitrogens with two attached hydrogens (primary N) is 1. The number of nitro benzene ring substituents is 1. The lowest BCUT2D eigenvalue weighted by Gasteiger charge is -2.39. The summed E-state index contributed by atoms with van der Waals surface area (Å²) in [5, 5.41) is 23.8. The van der Waals surface area contributed by atoms with Gasteiger partial charge in [0.05, 0.1) is 40.7 Å². The zero-order valence-electron chi connectivity index (χ0n) is 23.7. The molecule has 1 heterocycles. The van der Waals surface area contributed by atoms with Crippen LogP contribution >= 0.6 is 35.0 Å². The van der Waals surface area contributed by atoms with Crippen molar-refractivity contribution in [1.82, 2.24) is 0 Å². The number of benzene rings is 3. The number of halogens is 2. The van der Waals surface area contributed by atoms with E-state index in [9.17, 15) is 20.2 Å². The third-order valence-corrected chi connectivity index (χ3v) is 9.63. The van der Waals surface area contributed by atoms with Gasteiger partial charge in [0.1, 0.15) is 17.3 Å². The van der Waals surface area contributed by atoms with E-state index >= 15 is 0 Å². The van der Waals surface area contributed by atoms with Gasteiger partial charge < -0.3 is 10.5 Å². The molecule has 0 amide bonds. The summed E-state index contributed by atoms with van der Waals surface area (Å²) < 4.78 is 5.21. The number of carbonyl (C=O) groups excluding carboxylic acids is 1. The summed E-state index contributed by atoms with van der Waals surface area (Å²) in [4.78, 5) is 27.6. The molecule has 2 aliphatic rings. The molecule has 2 N–H and O–H groups in total. The summed E-state index contributed by atoms with van der Waals surface area (Å²) in [7, 11) is 1.42. The van der Waals surface area contributed by atoms with Crippen molar-refractivity contribution in [2.24, 2.45) is 5.73 Å². The molecule has 0 saturated heterocycles. The lowest BCUT2D eigenvalue weighted by Crippen LogP contribution is -2.39. The average molecular weight is 636 g/mol. The normalized spacial score (nSPS) is 16.7. The summed E-state index contributed by atoms with van der Waals surface area (Å²) in [6, 6.07) is 16.1. The second-order valence-electron chi connectivity index (χ2n) is 10.4. The zero-order valence-corrected chi connectivity index (χ0v) is 26.1. The summed E-state index contributed by atoms with van der Waals surface area (Å²) in [5.74, 6) is 0.143. The SMILES string of the molecule is COc1ccc(N2C(N)=C(C#N)C(c3cc(CSc4cc(Cl)ccc4Cl)c(C)cc3C)C3=C2CCCC3=O)c([N+](=O)[O-])c1. The number of ketones is 1. The van der Waals surface area contributed by atoms with E-state index in [0.29, 0.717) is 52.1 Å². The molecule has 0 bridgehead atoms. The first-order chi connectivity index (χ1) is 20.5. The van der Waals surface area contributed by atoms with E-state index in [-0.39, 0.29) is 28.6 Å². The van der Waals surface area contributed by atoms with Gasteiger partial charge in [-0.15, -0.1) is 11.8 Å². The van der Waals surface area contributed by atoms with Gasteiger partial charge in [0.15, 0.2) is 5.78 Å². The Morgan fingerprint density at radius 2 is 1.91 bits per heavy atom. The molecule has 3 aromatic rings. The lowest BCUT2D eigenvalue weighted by atomic mass is 9.74. The van der Waals surface area contributed by atoms with E-state index in [0.717, 1.165) is 27.1 Å². The number of nitriles is 1. The Balaban J connectivity index is 1.66. The van der Waals surface area contributed by atoms with E-state index in [4.69, 9.17) is 33.7 Å². The minimum absolute atomic E-state index is 0.0656. The Bertz CT molecular complexity index is 1780. The monoisotopic (exact) mass is 634 g/mol. The third-order valence-electron chi connectivity index (χ3n) is 7.85. The quantitative estimate of drug-likeness (QED) is 0.157. The molecule has 1 atom stereocenters. The predicted molar refractivity (Wildman–Crippen MR) is 170 cm³/mol. The van der Waals surface area contributed by atoms with Gasteiger partial charge >= 0.3 is 0 Å². The van der Waals surface area contributed by atoms with Gasteiger partial charge in [0.2, 0.25) is 0 Å². The van der Waals surface area contributed by atoms with Gasteiger partial charge in [-0.2, -0.15) is 5.26 Å². The number of allylic oxidation sites excluding steroid dienone is 3. The number of carbonyl (C=O) groups is 1. The van der Waals surface area contributed by atoms with Crippen molar-refractivity contribution in [2.75, 3.05) is 12.0 Å². The molecule has 1 unspecified atom stereocenters. The molecular formula is C32H28Cl2N4O4S. The zero-order chi connectivity index (χ0) is 31.0. The maximum Gasteiger partial charge on any atom is 0.296 e. The highest BCUT2D eigenvalue weighted by Crippen LogP contribution is 2.49. The van der Waals surface area contributed by atoms with Gasteiger partial charge in [-0.3, -0.25) is 19.8 Å². The molecule has 8 nitrogen and oxygen atoms in total. The van der Waals surface area contributed by atoms with Crippen LogP contribution in [0.2, 0.25) is 10.0 Å². The molecule has 11 heteroatoms. The van der Waals surface area contributed by atoms with Crippen molar-refractivity contribution in [1.29, 1.82) is 5.26 Å². The van der Waals surface area contributed by atoms with E-state index in [1.807, 2.05) is 32.0 Å². The highest BCUT2D eigenvalue weighted by atomic mass is 35.5. The molecule has 0 fully saturated rings. The number of hydrogen-bond donors (Lipinski definition) is 1. The topological polar surface area (TPSA) is 122 Å². The predicted octanol–water partition coefficient (Wildman–Crippen LogP) is 8.12. The first-order valence-corrected chi connectivity index (χ1v) is 15.3. The number of nitrogens with zero attached hydrogens (tertiary/aromatic N) is 3. The molecule has 5 rings (SSSR count). The minimum atomic E-state index is -0.708. The van der Waals surface area contributed by atoms with Crippen LogP contribution in [0.5, 0.6) is 5.75 Å². The van der Waals surface area contributed by atoms with Crippen molar-refractivity contribution in [3.8, 4) is 11.8 Å². The third kappa shape index (κ3) is 5.70. The van der Waals surface area contributed by atoms with Gasteiger partial charge in [-0.25, -0.2) is 0 Å². The van der Waals surface area contributed by atoms with Crippen LogP contribution in [0, 0.1) is 35.3 Å². The maximum absolute atomic E-state index is 13.7. The fourth-order valence-electron chi connectivity index (χ4n) is 5.76. The lowest BCUT2D eigenvalue weighted by molar-refractivity contribution is -0.384. The molecule has 3 aromatic carbocycles. The van der Waals surface area contributed by atoms with Crippen molar-refractivity contribution >= 4 is 52.1 Å². The molecule has 43 heavy (non-hydrogen) atoms.